The highest BCUT2D eigenvalue weighted by Gasteiger charge is 2.28. The van der Waals surface area contributed by atoms with Gasteiger partial charge in [-0.25, -0.2) is 9.69 Å². The zero-order valence-electron chi connectivity index (χ0n) is 14.9. The Hall–Kier alpha value is -3.20. The lowest BCUT2D eigenvalue weighted by molar-refractivity contribution is -0.125. The van der Waals surface area contributed by atoms with Gasteiger partial charge in [0, 0.05) is 18.0 Å². The van der Waals surface area contributed by atoms with E-state index in [9.17, 15) is 9.59 Å². The van der Waals surface area contributed by atoms with Crippen LogP contribution in [0, 0.1) is 0 Å². The van der Waals surface area contributed by atoms with Crippen molar-refractivity contribution < 1.29 is 14.3 Å². The number of rotatable bonds is 6. The topological polar surface area (TPSA) is 90.2 Å². The zero-order valence-corrected chi connectivity index (χ0v) is 15.7. The van der Waals surface area contributed by atoms with Crippen LogP contribution >= 0.6 is 11.8 Å². The average molecular weight is 395 g/mol. The standard InChI is InChI=1S/C19H17N5O3S/c25-16(23-10-11-27-19(23)26)13-28-18-22-21-17(15-6-8-20-9-7-15)24(18)12-14-4-2-1-3-5-14/h1-9H,10-13H2. The minimum absolute atomic E-state index is 0.0817. The first-order valence-corrected chi connectivity index (χ1v) is 9.68. The molecule has 1 aliphatic rings. The number of thioether (sulfide) groups is 1. The Kier molecular flexibility index (Phi) is 5.34. The number of hydrogen-bond acceptors (Lipinski definition) is 7. The Morgan fingerprint density at radius 1 is 1.11 bits per heavy atom. The molecule has 3 aromatic rings. The largest absolute Gasteiger partial charge is 0.447 e. The summed E-state index contributed by atoms with van der Waals surface area (Å²) in [6.45, 7) is 1.09. The van der Waals surface area contributed by atoms with Crippen LogP contribution in [0.3, 0.4) is 0 Å². The lowest BCUT2D eigenvalue weighted by atomic mass is 10.2. The number of amides is 2. The number of pyridine rings is 1. The minimum atomic E-state index is -0.589. The second-order valence-electron chi connectivity index (χ2n) is 6.06. The second-order valence-corrected chi connectivity index (χ2v) is 7.00. The number of nitrogens with zero attached hydrogens (tertiary/aromatic N) is 5. The molecule has 0 spiro atoms. The molecule has 0 unspecified atom stereocenters. The molecule has 9 heteroatoms. The molecular formula is C19H17N5O3S. The summed E-state index contributed by atoms with van der Waals surface area (Å²) in [7, 11) is 0. The van der Waals surface area contributed by atoms with Crippen LogP contribution in [0.5, 0.6) is 0 Å². The van der Waals surface area contributed by atoms with Crippen molar-refractivity contribution in [3.05, 3.63) is 60.4 Å². The van der Waals surface area contributed by atoms with E-state index in [1.54, 1.807) is 12.4 Å². The van der Waals surface area contributed by atoms with Gasteiger partial charge in [-0.2, -0.15) is 0 Å². The van der Waals surface area contributed by atoms with Gasteiger partial charge in [-0.15, -0.1) is 10.2 Å². The highest BCUT2D eigenvalue weighted by atomic mass is 32.2. The smallest absolute Gasteiger partial charge is 0.416 e. The molecule has 0 atom stereocenters. The molecule has 0 saturated carbocycles. The summed E-state index contributed by atoms with van der Waals surface area (Å²) < 4.78 is 6.78. The molecule has 2 amide bonds. The summed E-state index contributed by atoms with van der Waals surface area (Å²) in [5.74, 6) is 0.479. The minimum Gasteiger partial charge on any atom is -0.447 e. The van der Waals surface area contributed by atoms with Crippen molar-refractivity contribution in [1.29, 1.82) is 0 Å². The molecule has 1 saturated heterocycles. The number of benzene rings is 1. The van der Waals surface area contributed by atoms with E-state index in [0.29, 0.717) is 17.5 Å². The maximum Gasteiger partial charge on any atom is 0.416 e. The molecule has 1 aliphatic heterocycles. The van der Waals surface area contributed by atoms with Gasteiger partial charge in [0.25, 0.3) is 0 Å². The maximum atomic E-state index is 12.3. The highest BCUT2D eigenvalue weighted by Crippen LogP contribution is 2.25. The van der Waals surface area contributed by atoms with Crippen molar-refractivity contribution in [2.45, 2.75) is 11.7 Å². The van der Waals surface area contributed by atoms with Gasteiger partial charge in [0.05, 0.1) is 18.8 Å². The number of hydrogen-bond donors (Lipinski definition) is 0. The lowest BCUT2D eigenvalue weighted by Gasteiger charge is -2.12. The number of ether oxygens (including phenoxy) is 1. The summed E-state index contributed by atoms with van der Waals surface area (Å²) in [5.41, 5.74) is 1.98. The van der Waals surface area contributed by atoms with Crippen LogP contribution < -0.4 is 0 Å². The van der Waals surface area contributed by atoms with Gasteiger partial charge in [0.2, 0.25) is 5.91 Å². The van der Waals surface area contributed by atoms with E-state index in [-0.39, 0.29) is 24.8 Å². The summed E-state index contributed by atoms with van der Waals surface area (Å²) in [6, 6.07) is 13.7. The molecule has 0 radical (unpaired) electrons. The van der Waals surface area contributed by atoms with E-state index in [4.69, 9.17) is 4.74 Å². The van der Waals surface area contributed by atoms with Crippen LogP contribution in [0.4, 0.5) is 4.79 Å². The van der Waals surface area contributed by atoms with Crippen LogP contribution in [-0.2, 0) is 16.1 Å². The van der Waals surface area contributed by atoms with E-state index in [1.807, 2.05) is 47.0 Å². The number of aromatic nitrogens is 4. The predicted molar refractivity (Wildman–Crippen MR) is 103 cm³/mol. The summed E-state index contributed by atoms with van der Waals surface area (Å²) in [5, 5.41) is 9.20. The Morgan fingerprint density at radius 3 is 2.61 bits per heavy atom. The quantitative estimate of drug-likeness (QED) is 0.592. The van der Waals surface area contributed by atoms with Crippen molar-refractivity contribution in [3.63, 3.8) is 0 Å². The summed E-state index contributed by atoms with van der Waals surface area (Å²) in [4.78, 5) is 29.0. The van der Waals surface area contributed by atoms with Gasteiger partial charge in [0.15, 0.2) is 11.0 Å². The average Bonchev–Trinajstić information content (AvgIpc) is 3.34. The molecule has 0 N–H and O–H groups in total. The normalized spacial score (nSPS) is 13.6. The first kappa shape index (κ1) is 18.2. The number of carbonyl (C=O) groups excluding carboxylic acids is 2. The van der Waals surface area contributed by atoms with Gasteiger partial charge >= 0.3 is 6.09 Å². The zero-order chi connectivity index (χ0) is 19.3. The fraction of sp³-hybridized carbons (Fsp3) is 0.211. The van der Waals surface area contributed by atoms with E-state index in [2.05, 4.69) is 15.2 Å². The molecule has 3 heterocycles. The van der Waals surface area contributed by atoms with Crippen molar-refractivity contribution in [2.24, 2.45) is 0 Å². The van der Waals surface area contributed by atoms with Crippen LogP contribution in [-0.4, -0.2) is 55.6 Å². The predicted octanol–water partition coefficient (Wildman–Crippen LogP) is 2.46. The highest BCUT2D eigenvalue weighted by molar-refractivity contribution is 7.99. The number of cyclic esters (lactones) is 1. The molecule has 0 aliphatic carbocycles. The molecule has 142 valence electrons. The van der Waals surface area contributed by atoms with Gasteiger partial charge in [-0.3, -0.25) is 14.3 Å². The lowest BCUT2D eigenvalue weighted by Crippen LogP contribution is -2.33. The van der Waals surface area contributed by atoms with E-state index >= 15 is 0 Å². The van der Waals surface area contributed by atoms with Crippen LogP contribution in [0.1, 0.15) is 5.56 Å². The molecule has 1 fully saturated rings. The van der Waals surface area contributed by atoms with Gasteiger partial charge in [-0.1, -0.05) is 42.1 Å². The van der Waals surface area contributed by atoms with E-state index in [1.165, 1.54) is 11.8 Å². The van der Waals surface area contributed by atoms with Crippen molar-refractivity contribution in [3.8, 4) is 11.4 Å². The Morgan fingerprint density at radius 2 is 1.89 bits per heavy atom. The van der Waals surface area contributed by atoms with Gasteiger partial charge in [-0.05, 0) is 17.7 Å². The Balaban J connectivity index is 1.58. The van der Waals surface area contributed by atoms with Crippen molar-refractivity contribution in [1.82, 2.24) is 24.6 Å². The SMILES string of the molecule is O=C(CSc1nnc(-c2ccncc2)n1Cc1ccccc1)N1CCOC1=O. The first-order valence-electron chi connectivity index (χ1n) is 8.70. The number of imide groups is 1. The van der Waals surface area contributed by atoms with E-state index < -0.39 is 6.09 Å². The molecule has 0 bridgehead atoms. The maximum absolute atomic E-state index is 12.3. The van der Waals surface area contributed by atoms with Crippen molar-refractivity contribution >= 4 is 23.8 Å². The molecule has 8 nitrogen and oxygen atoms in total. The Bertz CT molecular complexity index is 978. The molecule has 2 aromatic heterocycles. The summed E-state index contributed by atoms with van der Waals surface area (Å²) >= 11 is 1.25. The molecule has 1 aromatic carbocycles. The molecule has 28 heavy (non-hydrogen) atoms. The first-order chi connectivity index (χ1) is 13.7. The fourth-order valence-corrected chi connectivity index (χ4v) is 3.66. The van der Waals surface area contributed by atoms with Crippen LogP contribution in [0.25, 0.3) is 11.4 Å². The second kappa shape index (κ2) is 8.22. The Labute approximate surface area is 165 Å². The molecule has 4 rings (SSSR count). The van der Waals surface area contributed by atoms with E-state index in [0.717, 1.165) is 16.0 Å². The third kappa shape index (κ3) is 3.89. The molecular weight excluding hydrogens is 378 g/mol. The third-order valence-electron chi connectivity index (χ3n) is 4.23. The third-order valence-corrected chi connectivity index (χ3v) is 5.18. The van der Waals surface area contributed by atoms with Crippen LogP contribution in [0.2, 0.25) is 0 Å². The van der Waals surface area contributed by atoms with Crippen LogP contribution in [0.15, 0.2) is 60.0 Å². The van der Waals surface area contributed by atoms with Gasteiger partial charge < -0.3 is 4.74 Å². The van der Waals surface area contributed by atoms with Crippen molar-refractivity contribution in [2.75, 3.05) is 18.9 Å². The fourth-order valence-electron chi connectivity index (χ4n) is 2.84. The summed E-state index contributed by atoms with van der Waals surface area (Å²) in [6.07, 6.45) is 2.81. The number of carbonyl (C=O) groups is 2. The van der Waals surface area contributed by atoms with Gasteiger partial charge in [0.1, 0.15) is 6.61 Å². The monoisotopic (exact) mass is 395 g/mol.